The standard InChI is InChI=1S/C25H46O2/c1-22(2)16-10-5-7-12-18-25(19-13-9-14-20-25)24(26)27-21-15-8-6-11-17-23(3)4/h9,13,22-23H,5-8,10-12,14-21H2,1-4H3. The van der Waals surface area contributed by atoms with Crippen LogP contribution < -0.4 is 0 Å². The molecule has 2 nitrogen and oxygen atoms in total. The third kappa shape index (κ3) is 11.0. The summed E-state index contributed by atoms with van der Waals surface area (Å²) in [6.45, 7) is 9.77. The molecule has 0 saturated heterocycles. The fraction of sp³-hybridized carbons (Fsp3) is 0.880. The van der Waals surface area contributed by atoms with Gasteiger partial charge >= 0.3 is 5.97 Å². The van der Waals surface area contributed by atoms with Crippen molar-refractivity contribution in [1.82, 2.24) is 0 Å². The topological polar surface area (TPSA) is 26.3 Å². The Labute approximate surface area is 169 Å². The van der Waals surface area contributed by atoms with Crippen LogP contribution >= 0.6 is 0 Å². The molecule has 27 heavy (non-hydrogen) atoms. The van der Waals surface area contributed by atoms with E-state index in [0.29, 0.717) is 6.61 Å². The van der Waals surface area contributed by atoms with Crippen LogP contribution in [0.15, 0.2) is 12.2 Å². The van der Waals surface area contributed by atoms with Gasteiger partial charge in [-0.3, -0.25) is 4.79 Å². The van der Waals surface area contributed by atoms with Gasteiger partial charge < -0.3 is 4.74 Å². The number of carbonyl (C=O) groups excluding carboxylic acids is 1. The highest BCUT2D eigenvalue weighted by molar-refractivity contribution is 5.77. The molecule has 0 fully saturated rings. The molecule has 1 aliphatic rings. The van der Waals surface area contributed by atoms with Gasteiger partial charge in [0.2, 0.25) is 0 Å². The Morgan fingerprint density at radius 2 is 1.44 bits per heavy atom. The van der Waals surface area contributed by atoms with Gasteiger partial charge in [0, 0.05) is 0 Å². The van der Waals surface area contributed by atoms with Gasteiger partial charge in [0.05, 0.1) is 12.0 Å². The Morgan fingerprint density at radius 1 is 0.852 bits per heavy atom. The Bertz CT molecular complexity index is 411. The number of esters is 1. The highest BCUT2D eigenvalue weighted by atomic mass is 16.5. The van der Waals surface area contributed by atoms with Crippen LogP contribution in [0, 0.1) is 17.3 Å². The summed E-state index contributed by atoms with van der Waals surface area (Å²) in [5.41, 5.74) is -0.232. The van der Waals surface area contributed by atoms with Crippen molar-refractivity contribution in [3.05, 3.63) is 12.2 Å². The average Bonchev–Trinajstić information content (AvgIpc) is 2.64. The van der Waals surface area contributed by atoms with Gasteiger partial charge in [-0.2, -0.15) is 0 Å². The van der Waals surface area contributed by atoms with E-state index in [0.717, 1.165) is 50.4 Å². The van der Waals surface area contributed by atoms with Gasteiger partial charge in [0.15, 0.2) is 0 Å². The first-order valence-electron chi connectivity index (χ1n) is 11.8. The monoisotopic (exact) mass is 378 g/mol. The molecule has 0 aliphatic heterocycles. The smallest absolute Gasteiger partial charge is 0.312 e. The third-order valence-corrected chi connectivity index (χ3v) is 5.99. The summed E-state index contributed by atoms with van der Waals surface area (Å²) in [7, 11) is 0. The summed E-state index contributed by atoms with van der Waals surface area (Å²) < 4.78 is 5.75. The number of hydrogen-bond acceptors (Lipinski definition) is 2. The van der Waals surface area contributed by atoms with Crippen LogP contribution in [-0.4, -0.2) is 12.6 Å². The molecule has 158 valence electrons. The molecule has 0 N–H and O–H groups in total. The van der Waals surface area contributed by atoms with Crippen molar-refractivity contribution in [1.29, 1.82) is 0 Å². The van der Waals surface area contributed by atoms with Gasteiger partial charge in [-0.15, -0.1) is 0 Å². The molecule has 1 aliphatic carbocycles. The number of carbonyl (C=O) groups is 1. The van der Waals surface area contributed by atoms with Crippen molar-refractivity contribution in [3.8, 4) is 0 Å². The van der Waals surface area contributed by atoms with Gasteiger partial charge in [-0.25, -0.2) is 0 Å². The largest absolute Gasteiger partial charge is 0.465 e. The first-order chi connectivity index (χ1) is 13.0. The highest BCUT2D eigenvalue weighted by Crippen LogP contribution is 2.39. The van der Waals surface area contributed by atoms with Crippen molar-refractivity contribution in [2.45, 2.75) is 118 Å². The van der Waals surface area contributed by atoms with Crippen molar-refractivity contribution in [2.75, 3.05) is 6.61 Å². The minimum absolute atomic E-state index is 0.0798. The summed E-state index contributed by atoms with van der Waals surface area (Å²) in [6, 6.07) is 0. The van der Waals surface area contributed by atoms with E-state index in [1.54, 1.807) is 0 Å². The second kappa shape index (κ2) is 14.2. The van der Waals surface area contributed by atoms with E-state index >= 15 is 0 Å². The maximum Gasteiger partial charge on any atom is 0.312 e. The minimum Gasteiger partial charge on any atom is -0.465 e. The van der Waals surface area contributed by atoms with Gasteiger partial charge in [-0.1, -0.05) is 97.6 Å². The Hall–Kier alpha value is -0.790. The lowest BCUT2D eigenvalue weighted by Crippen LogP contribution is -2.34. The number of rotatable bonds is 15. The van der Waals surface area contributed by atoms with Gasteiger partial charge in [-0.05, 0) is 43.9 Å². The summed E-state index contributed by atoms with van der Waals surface area (Å²) in [6.07, 6.45) is 20.8. The normalized spacial score (nSPS) is 19.8. The molecule has 0 spiro atoms. The fourth-order valence-corrected chi connectivity index (χ4v) is 4.10. The summed E-state index contributed by atoms with van der Waals surface area (Å²) in [5, 5.41) is 0. The van der Waals surface area contributed by atoms with E-state index in [1.807, 2.05) is 0 Å². The van der Waals surface area contributed by atoms with Crippen LogP contribution in [0.2, 0.25) is 0 Å². The lowest BCUT2D eigenvalue weighted by molar-refractivity contribution is -0.157. The number of unbranched alkanes of at least 4 members (excludes halogenated alkanes) is 6. The molecular weight excluding hydrogens is 332 g/mol. The van der Waals surface area contributed by atoms with E-state index in [4.69, 9.17) is 4.74 Å². The molecule has 1 rings (SSSR count). The fourth-order valence-electron chi connectivity index (χ4n) is 4.10. The zero-order valence-electron chi connectivity index (χ0n) is 18.7. The Balaban J connectivity index is 2.26. The Kier molecular flexibility index (Phi) is 12.8. The molecule has 0 saturated carbocycles. The second-order valence-electron chi connectivity index (χ2n) is 9.57. The third-order valence-electron chi connectivity index (χ3n) is 5.99. The summed E-state index contributed by atoms with van der Waals surface area (Å²) in [5.74, 6) is 1.68. The molecule has 0 aromatic carbocycles. The van der Waals surface area contributed by atoms with E-state index in [1.165, 1.54) is 51.4 Å². The van der Waals surface area contributed by atoms with E-state index < -0.39 is 0 Å². The lowest BCUT2D eigenvalue weighted by Gasteiger charge is -2.32. The van der Waals surface area contributed by atoms with Crippen LogP contribution in [0.5, 0.6) is 0 Å². The lowest BCUT2D eigenvalue weighted by atomic mass is 9.73. The maximum absolute atomic E-state index is 12.9. The Morgan fingerprint density at radius 3 is 2.00 bits per heavy atom. The quantitative estimate of drug-likeness (QED) is 0.165. The molecule has 1 unspecified atom stereocenters. The van der Waals surface area contributed by atoms with E-state index in [9.17, 15) is 4.79 Å². The molecular formula is C25H46O2. The van der Waals surface area contributed by atoms with Gasteiger partial charge in [0.25, 0.3) is 0 Å². The summed E-state index contributed by atoms with van der Waals surface area (Å²) in [4.78, 5) is 12.9. The molecule has 2 heteroatoms. The highest BCUT2D eigenvalue weighted by Gasteiger charge is 2.38. The molecule has 0 amide bonds. The van der Waals surface area contributed by atoms with Gasteiger partial charge in [0.1, 0.15) is 0 Å². The van der Waals surface area contributed by atoms with E-state index in [2.05, 4.69) is 39.8 Å². The first-order valence-corrected chi connectivity index (χ1v) is 11.8. The van der Waals surface area contributed by atoms with Crippen LogP contribution in [0.25, 0.3) is 0 Å². The SMILES string of the molecule is CC(C)CCCCCCOC(=O)C1(CCCCCCC(C)C)CC=CCC1. The minimum atomic E-state index is -0.232. The van der Waals surface area contributed by atoms with Crippen LogP contribution in [0.4, 0.5) is 0 Å². The molecule has 1 atom stereocenters. The molecule has 0 aromatic heterocycles. The zero-order chi connectivity index (χ0) is 20.0. The van der Waals surface area contributed by atoms with E-state index in [-0.39, 0.29) is 11.4 Å². The first kappa shape index (κ1) is 24.2. The maximum atomic E-state index is 12.9. The predicted molar refractivity (Wildman–Crippen MR) is 117 cm³/mol. The second-order valence-corrected chi connectivity index (χ2v) is 9.57. The molecule has 0 bridgehead atoms. The molecule has 0 radical (unpaired) electrons. The number of ether oxygens (including phenoxy) is 1. The number of hydrogen-bond donors (Lipinski definition) is 0. The van der Waals surface area contributed by atoms with Crippen LogP contribution in [0.1, 0.15) is 118 Å². The van der Waals surface area contributed by atoms with Crippen molar-refractivity contribution in [2.24, 2.45) is 17.3 Å². The predicted octanol–water partition coefficient (Wildman–Crippen LogP) is 7.86. The van der Waals surface area contributed by atoms with Crippen molar-refractivity contribution in [3.63, 3.8) is 0 Å². The van der Waals surface area contributed by atoms with Crippen LogP contribution in [0.3, 0.4) is 0 Å². The molecule has 0 heterocycles. The van der Waals surface area contributed by atoms with Crippen molar-refractivity contribution >= 4 is 5.97 Å². The summed E-state index contributed by atoms with van der Waals surface area (Å²) >= 11 is 0. The van der Waals surface area contributed by atoms with Crippen LogP contribution in [-0.2, 0) is 9.53 Å². The molecule has 0 aromatic rings. The average molecular weight is 379 g/mol. The zero-order valence-corrected chi connectivity index (χ0v) is 18.7. The number of allylic oxidation sites excluding steroid dienone is 2. The van der Waals surface area contributed by atoms with Crippen molar-refractivity contribution < 1.29 is 9.53 Å².